The Morgan fingerprint density at radius 2 is 2.09 bits per heavy atom. The van der Waals surface area contributed by atoms with Gasteiger partial charge in [0.2, 0.25) is 5.71 Å². The molecule has 0 atom stereocenters. The quantitative estimate of drug-likeness (QED) is 0.636. The van der Waals surface area contributed by atoms with Crippen LogP contribution in [0.5, 0.6) is 0 Å². The third kappa shape index (κ3) is 3.02. The van der Waals surface area contributed by atoms with E-state index in [2.05, 4.69) is 40.6 Å². The number of hydrogen-bond donors (Lipinski definition) is 0. The molecule has 118 valence electrons. The average Bonchev–Trinajstić information content (AvgIpc) is 2.75. The maximum absolute atomic E-state index is 11.3. The first-order chi connectivity index (χ1) is 10.9. The lowest BCUT2D eigenvalue weighted by Gasteiger charge is -2.23. The van der Waals surface area contributed by atoms with Crippen LogP contribution in [0.2, 0.25) is 0 Å². The third-order valence-electron chi connectivity index (χ3n) is 3.97. The SMILES string of the molecule is COC(=O)C(C#N)=N/C=C/C=C1\N(C)c2ccccc2C1(C)C. The number of ether oxygens (including phenoxy) is 1. The predicted molar refractivity (Wildman–Crippen MR) is 90.2 cm³/mol. The Morgan fingerprint density at radius 1 is 1.39 bits per heavy atom. The highest BCUT2D eigenvalue weighted by Gasteiger charge is 2.37. The molecule has 23 heavy (non-hydrogen) atoms. The molecule has 1 aromatic rings. The number of benzene rings is 1. The summed E-state index contributed by atoms with van der Waals surface area (Å²) >= 11 is 0. The second-order valence-electron chi connectivity index (χ2n) is 5.68. The van der Waals surface area contributed by atoms with Gasteiger partial charge in [0.25, 0.3) is 0 Å². The van der Waals surface area contributed by atoms with Gasteiger partial charge in [-0.2, -0.15) is 5.26 Å². The van der Waals surface area contributed by atoms with Crippen LogP contribution in [0.4, 0.5) is 5.69 Å². The number of para-hydroxylation sites is 1. The highest BCUT2D eigenvalue weighted by molar-refractivity contribution is 6.43. The Morgan fingerprint density at radius 3 is 2.70 bits per heavy atom. The number of nitrogens with zero attached hydrogens (tertiary/aromatic N) is 3. The van der Waals surface area contributed by atoms with Crippen LogP contribution >= 0.6 is 0 Å². The Balaban J connectivity index is 2.28. The number of fused-ring (bicyclic) bond motifs is 1. The average molecular weight is 309 g/mol. The maximum atomic E-state index is 11.3. The zero-order valence-corrected chi connectivity index (χ0v) is 13.7. The number of hydrogen-bond acceptors (Lipinski definition) is 5. The largest absolute Gasteiger partial charge is 0.464 e. The molecule has 1 aromatic carbocycles. The normalized spacial score (nSPS) is 18.1. The Labute approximate surface area is 136 Å². The van der Waals surface area contributed by atoms with Crippen LogP contribution in [0.25, 0.3) is 0 Å². The molecule has 1 heterocycles. The van der Waals surface area contributed by atoms with Gasteiger partial charge < -0.3 is 9.64 Å². The summed E-state index contributed by atoms with van der Waals surface area (Å²) in [4.78, 5) is 17.2. The highest BCUT2D eigenvalue weighted by Crippen LogP contribution is 2.46. The van der Waals surface area contributed by atoms with Crippen LogP contribution in [-0.2, 0) is 14.9 Å². The van der Waals surface area contributed by atoms with E-state index in [1.165, 1.54) is 24.6 Å². The molecule has 5 heteroatoms. The van der Waals surface area contributed by atoms with Crippen LogP contribution in [0.3, 0.4) is 0 Å². The molecular weight excluding hydrogens is 290 g/mol. The number of aliphatic imine (C=N–C) groups is 1. The van der Waals surface area contributed by atoms with Crippen molar-refractivity contribution in [1.29, 1.82) is 5.26 Å². The molecule has 0 radical (unpaired) electrons. The van der Waals surface area contributed by atoms with Crippen molar-refractivity contribution in [3.63, 3.8) is 0 Å². The molecule has 1 aliphatic heterocycles. The number of carbonyl (C=O) groups excluding carboxylic acids is 1. The molecular formula is C18H19N3O2. The first-order valence-electron chi connectivity index (χ1n) is 7.20. The molecule has 2 rings (SSSR count). The van der Waals surface area contributed by atoms with Crippen molar-refractivity contribution >= 4 is 17.4 Å². The van der Waals surface area contributed by atoms with Crippen molar-refractivity contribution in [1.82, 2.24) is 0 Å². The number of methoxy groups -OCH3 is 1. The number of anilines is 1. The first-order valence-corrected chi connectivity index (χ1v) is 7.20. The fourth-order valence-corrected chi connectivity index (χ4v) is 2.78. The van der Waals surface area contributed by atoms with Crippen LogP contribution in [0.15, 0.2) is 53.3 Å². The predicted octanol–water partition coefficient (Wildman–Crippen LogP) is 2.95. The second-order valence-corrected chi connectivity index (χ2v) is 5.68. The molecule has 0 N–H and O–H groups in total. The first kappa shape index (κ1) is 16.5. The number of esters is 1. The van der Waals surface area contributed by atoms with Crippen molar-refractivity contribution in [3.8, 4) is 6.07 Å². The lowest BCUT2D eigenvalue weighted by Crippen LogP contribution is -2.22. The second kappa shape index (κ2) is 6.49. The van der Waals surface area contributed by atoms with Crippen molar-refractivity contribution in [2.45, 2.75) is 19.3 Å². The van der Waals surface area contributed by atoms with Gasteiger partial charge in [-0.3, -0.25) is 0 Å². The maximum Gasteiger partial charge on any atom is 0.367 e. The monoisotopic (exact) mass is 309 g/mol. The Hall–Kier alpha value is -2.87. The van der Waals surface area contributed by atoms with Crippen LogP contribution in [0.1, 0.15) is 19.4 Å². The van der Waals surface area contributed by atoms with Crippen LogP contribution in [-0.4, -0.2) is 25.8 Å². The number of nitriles is 1. The van der Waals surface area contributed by atoms with E-state index in [1.807, 2.05) is 25.3 Å². The van der Waals surface area contributed by atoms with Gasteiger partial charge in [-0.15, -0.1) is 0 Å². The molecule has 5 nitrogen and oxygen atoms in total. The highest BCUT2D eigenvalue weighted by atomic mass is 16.5. The molecule has 0 spiro atoms. The zero-order chi connectivity index (χ0) is 17.0. The van der Waals surface area contributed by atoms with E-state index in [-0.39, 0.29) is 11.1 Å². The number of carbonyl (C=O) groups is 1. The lowest BCUT2D eigenvalue weighted by atomic mass is 9.84. The molecule has 0 saturated heterocycles. The summed E-state index contributed by atoms with van der Waals surface area (Å²) < 4.78 is 4.48. The van der Waals surface area contributed by atoms with Gasteiger partial charge in [-0.25, -0.2) is 9.79 Å². The van der Waals surface area contributed by atoms with Crippen LogP contribution in [0, 0.1) is 11.3 Å². The summed E-state index contributed by atoms with van der Waals surface area (Å²) in [6.07, 6.45) is 5.09. The fraction of sp³-hybridized carbons (Fsp3) is 0.278. The summed E-state index contributed by atoms with van der Waals surface area (Å²) in [7, 11) is 3.24. The minimum Gasteiger partial charge on any atom is -0.464 e. The number of allylic oxidation sites excluding steroid dienone is 3. The van der Waals surface area contributed by atoms with Gasteiger partial charge in [0.05, 0.1) is 7.11 Å². The van der Waals surface area contributed by atoms with Crippen molar-refractivity contribution in [3.05, 3.63) is 53.9 Å². The summed E-state index contributed by atoms with van der Waals surface area (Å²) in [5, 5.41) is 8.84. The molecule has 0 unspecified atom stereocenters. The van der Waals surface area contributed by atoms with Gasteiger partial charge in [0.15, 0.2) is 0 Å². The van der Waals surface area contributed by atoms with E-state index in [9.17, 15) is 4.79 Å². The van der Waals surface area contributed by atoms with Crippen molar-refractivity contribution < 1.29 is 9.53 Å². The summed E-state index contributed by atoms with van der Waals surface area (Å²) in [5.74, 6) is -0.740. The third-order valence-corrected chi connectivity index (χ3v) is 3.97. The van der Waals surface area contributed by atoms with Gasteiger partial charge in [0, 0.05) is 30.0 Å². The summed E-state index contributed by atoms with van der Waals surface area (Å²) in [5.41, 5.74) is 3.15. The van der Waals surface area contributed by atoms with E-state index in [0.29, 0.717) is 0 Å². The summed E-state index contributed by atoms with van der Waals surface area (Å²) in [6.45, 7) is 4.32. The Bertz CT molecular complexity index is 752. The molecule has 0 aromatic heterocycles. The van der Waals surface area contributed by atoms with E-state index in [1.54, 1.807) is 12.1 Å². The standard InChI is InChI=1S/C18H19N3O2/c1-18(2)13-8-5-6-9-15(13)21(3)16(18)10-7-11-20-14(12-19)17(22)23-4/h5-11H,1-4H3/b11-7+,16-10-,20-14?. The number of likely N-dealkylation sites (N-methyl/N-ethyl adjacent to an activating group) is 1. The minimum atomic E-state index is -0.740. The molecule has 0 saturated carbocycles. The minimum absolute atomic E-state index is 0.125. The van der Waals surface area contributed by atoms with Crippen molar-refractivity contribution in [2.24, 2.45) is 4.99 Å². The Kier molecular flexibility index (Phi) is 4.65. The van der Waals surface area contributed by atoms with E-state index >= 15 is 0 Å². The van der Waals surface area contributed by atoms with Gasteiger partial charge in [-0.1, -0.05) is 32.0 Å². The molecule has 0 aliphatic carbocycles. The topological polar surface area (TPSA) is 65.7 Å². The molecule has 0 amide bonds. The fourth-order valence-electron chi connectivity index (χ4n) is 2.78. The lowest BCUT2D eigenvalue weighted by molar-refractivity contribution is -0.132. The van der Waals surface area contributed by atoms with E-state index in [4.69, 9.17) is 5.26 Å². The number of rotatable bonds is 3. The van der Waals surface area contributed by atoms with Gasteiger partial charge >= 0.3 is 5.97 Å². The van der Waals surface area contributed by atoms with E-state index < -0.39 is 5.97 Å². The molecule has 0 fully saturated rings. The smallest absolute Gasteiger partial charge is 0.367 e. The van der Waals surface area contributed by atoms with Crippen molar-refractivity contribution in [2.75, 3.05) is 19.1 Å². The molecule has 1 aliphatic rings. The molecule has 0 bridgehead atoms. The zero-order valence-electron chi connectivity index (χ0n) is 13.7. The van der Waals surface area contributed by atoms with Gasteiger partial charge in [0.1, 0.15) is 6.07 Å². The summed E-state index contributed by atoms with van der Waals surface area (Å²) in [6, 6.07) is 9.98. The van der Waals surface area contributed by atoms with Gasteiger partial charge in [-0.05, 0) is 23.8 Å². The van der Waals surface area contributed by atoms with Crippen LogP contribution < -0.4 is 4.90 Å². The van der Waals surface area contributed by atoms with E-state index in [0.717, 1.165) is 5.70 Å².